The minimum Gasteiger partial charge on any atom is -0.347 e. The lowest BCUT2D eigenvalue weighted by molar-refractivity contribution is -0.136. The molecule has 1 heterocycles. The summed E-state index contributed by atoms with van der Waals surface area (Å²) in [6.45, 7) is 0.0903. The van der Waals surface area contributed by atoms with Gasteiger partial charge < -0.3 is 15.6 Å². The number of carbonyl (C=O) groups excluding carboxylic acids is 1. The SMILES string of the molecule is O=C(NCc1ncc[nH]1)Nc1ccccc1C(F)(F)F. The number of aromatic amines is 1. The molecule has 0 bridgehead atoms. The zero-order chi connectivity index (χ0) is 14.6. The molecule has 0 aliphatic carbocycles. The highest BCUT2D eigenvalue weighted by Gasteiger charge is 2.33. The zero-order valence-electron chi connectivity index (χ0n) is 10.2. The summed E-state index contributed by atoms with van der Waals surface area (Å²) in [5.74, 6) is 0.504. The van der Waals surface area contributed by atoms with Crippen LogP contribution in [0.5, 0.6) is 0 Å². The number of H-pyrrole nitrogens is 1. The lowest BCUT2D eigenvalue weighted by atomic mass is 10.1. The normalized spacial score (nSPS) is 11.2. The first-order valence-corrected chi connectivity index (χ1v) is 5.66. The van der Waals surface area contributed by atoms with Crippen LogP contribution in [0.3, 0.4) is 0 Å². The van der Waals surface area contributed by atoms with Crippen molar-refractivity contribution in [3.05, 3.63) is 48.0 Å². The topological polar surface area (TPSA) is 69.8 Å². The van der Waals surface area contributed by atoms with E-state index in [0.29, 0.717) is 5.82 Å². The molecule has 106 valence electrons. The Hall–Kier alpha value is -2.51. The van der Waals surface area contributed by atoms with E-state index in [0.717, 1.165) is 6.07 Å². The number of benzene rings is 1. The third kappa shape index (κ3) is 3.50. The Morgan fingerprint density at radius 1 is 1.30 bits per heavy atom. The lowest BCUT2D eigenvalue weighted by Crippen LogP contribution is -2.29. The Labute approximate surface area is 112 Å². The number of anilines is 1. The van der Waals surface area contributed by atoms with Gasteiger partial charge in [-0.1, -0.05) is 12.1 Å². The van der Waals surface area contributed by atoms with E-state index in [4.69, 9.17) is 0 Å². The van der Waals surface area contributed by atoms with E-state index in [9.17, 15) is 18.0 Å². The van der Waals surface area contributed by atoms with Crippen LogP contribution in [0.25, 0.3) is 0 Å². The summed E-state index contributed by atoms with van der Waals surface area (Å²) < 4.78 is 38.2. The molecule has 0 spiro atoms. The van der Waals surface area contributed by atoms with Crippen molar-refractivity contribution in [3.8, 4) is 0 Å². The van der Waals surface area contributed by atoms with Crippen molar-refractivity contribution >= 4 is 11.7 Å². The highest BCUT2D eigenvalue weighted by molar-refractivity contribution is 5.90. The Morgan fingerprint density at radius 3 is 2.70 bits per heavy atom. The number of hydrogen-bond donors (Lipinski definition) is 3. The highest BCUT2D eigenvalue weighted by Crippen LogP contribution is 2.34. The van der Waals surface area contributed by atoms with Gasteiger partial charge in [-0.3, -0.25) is 0 Å². The number of aromatic nitrogens is 2. The molecule has 20 heavy (non-hydrogen) atoms. The number of urea groups is 1. The molecular weight excluding hydrogens is 273 g/mol. The fourth-order valence-electron chi connectivity index (χ4n) is 1.56. The molecule has 1 aromatic heterocycles. The van der Waals surface area contributed by atoms with E-state index in [2.05, 4.69) is 20.6 Å². The van der Waals surface area contributed by atoms with E-state index in [1.165, 1.54) is 24.4 Å². The number of imidazole rings is 1. The summed E-state index contributed by atoms with van der Waals surface area (Å²) in [7, 11) is 0. The van der Waals surface area contributed by atoms with Gasteiger partial charge in [-0.05, 0) is 12.1 Å². The third-order valence-corrected chi connectivity index (χ3v) is 2.45. The van der Waals surface area contributed by atoms with Gasteiger partial charge >= 0.3 is 12.2 Å². The predicted octanol–water partition coefficient (Wildman–Crippen LogP) is 2.75. The number of alkyl halides is 3. The number of para-hydroxylation sites is 1. The molecule has 2 aromatic rings. The molecule has 2 rings (SSSR count). The quantitative estimate of drug-likeness (QED) is 0.811. The number of amides is 2. The number of carbonyl (C=O) groups is 1. The second kappa shape index (κ2) is 5.64. The van der Waals surface area contributed by atoms with Crippen LogP contribution in [0, 0.1) is 0 Å². The fraction of sp³-hybridized carbons (Fsp3) is 0.167. The van der Waals surface area contributed by atoms with Gasteiger partial charge in [-0.25, -0.2) is 9.78 Å². The Kier molecular flexibility index (Phi) is 3.92. The van der Waals surface area contributed by atoms with Crippen molar-refractivity contribution in [3.63, 3.8) is 0 Å². The summed E-state index contributed by atoms with van der Waals surface area (Å²) in [5, 5.41) is 4.57. The molecule has 0 aliphatic rings. The molecule has 0 unspecified atom stereocenters. The summed E-state index contributed by atoms with van der Waals surface area (Å²) in [6.07, 6.45) is -1.44. The monoisotopic (exact) mass is 284 g/mol. The summed E-state index contributed by atoms with van der Waals surface area (Å²) >= 11 is 0. The maximum absolute atomic E-state index is 12.7. The van der Waals surface area contributed by atoms with Crippen molar-refractivity contribution in [2.24, 2.45) is 0 Å². The van der Waals surface area contributed by atoms with Crippen LogP contribution in [-0.4, -0.2) is 16.0 Å². The van der Waals surface area contributed by atoms with Crippen LogP contribution in [0.4, 0.5) is 23.7 Å². The van der Waals surface area contributed by atoms with Gasteiger partial charge in [-0.2, -0.15) is 13.2 Å². The average Bonchev–Trinajstić information content (AvgIpc) is 2.89. The first-order valence-electron chi connectivity index (χ1n) is 5.66. The third-order valence-electron chi connectivity index (χ3n) is 2.45. The molecule has 8 heteroatoms. The standard InChI is InChI=1S/C12H11F3N4O/c13-12(14,15)8-3-1-2-4-9(8)19-11(20)18-7-10-16-5-6-17-10/h1-6H,7H2,(H,16,17)(H2,18,19,20). The fourth-order valence-corrected chi connectivity index (χ4v) is 1.56. The summed E-state index contributed by atoms with van der Waals surface area (Å²) in [4.78, 5) is 18.2. The molecule has 0 saturated heterocycles. The molecular formula is C12H11F3N4O. The first-order chi connectivity index (χ1) is 9.47. The van der Waals surface area contributed by atoms with Crippen LogP contribution < -0.4 is 10.6 Å². The van der Waals surface area contributed by atoms with Crippen molar-refractivity contribution in [1.82, 2.24) is 15.3 Å². The second-order valence-electron chi connectivity index (χ2n) is 3.89. The van der Waals surface area contributed by atoms with Gasteiger partial charge in [0.15, 0.2) is 0 Å². The van der Waals surface area contributed by atoms with Crippen molar-refractivity contribution in [1.29, 1.82) is 0 Å². The van der Waals surface area contributed by atoms with Crippen LogP contribution in [0.15, 0.2) is 36.7 Å². The highest BCUT2D eigenvalue weighted by atomic mass is 19.4. The molecule has 0 aliphatic heterocycles. The van der Waals surface area contributed by atoms with Gasteiger partial charge in [0, 0.05) is 12.4 Å². The van der Waals surface area contributed by atoms with E-state index in [-0.39, 0.29) is 12.2 Å². The lowest BCUT2D eigenvalue weighted by Gasteiger charge is -2.13. The predicted molar refractivity (Wildman–Crippen MR) is 65.9 cm³/mol. The molecule has 1 aromatic carbocycles. The molecule has 2 amide bonds. The minimum absolute atomic E-state index is 0.0903. The molecule has 5 nitrogen and oxygen atoms in total. The zero-order valence-corrected chi connectivity index (χ0v) is 10.2. The van der Waals surface area contributed by atoms with Gasteiger partial charge in [-0.15, -0.1) is 0 Å². The number of hydrogen-bond acceptors (Lipinski definition) is 2. The van der Waals surface area contributed by atoms with Gasteiger partial charge in [0.1, 0.15) is 5.82 Å². The minimum atomic E-state index is -4.52. The van der Waals surface area contributed by atoms with Crippen molar-refractivity contribution in [2.45, 2.75) is 12.7 Å². The summed E-state index contributed by atoms with van der Waals surface area (Å²) in [6, 6.07) is 4.03. The van der Waals surface area contributed by atoms with E-state index >= 15 is 0 Å². The number of halogens is 3. The molecule has 0 radical (unpaired) electrons. The second-order valence-corrected chi connectivity index (χ2v) is 3.89. The number of rotatable bonds is 3. The maximum atomic E-state index is 12.7. The van der Waals surface area contributed by atoms with Gasteiger partial charge in [0.2, 0.25) is 0 Å². The van der Waals surface area contributed by atoms with Crippen molar-refractivity contribution in [2.75, 3.05) is 5.32 Å². The van der Waals surface area contributed by atoms with Crippen LogP contribution in [0.1, 0.15) is 11.4 Å². The van der Waals surface area contributed by atoms with Gasteiger partial charge in [0.25, 0.3) is 0 Å². The number of nitrogens with one attached hydrogen (secondary N) is 3. The van der Waals surface area contributed by atoms with Gasteiger partial charge in [0.05, 0.1) is 17.8 Å². The van der Waals surface area contributed by atoms with Crippen LogP contribution >= 0.6 is 0 Å². The van der Waals surface area contributed by atoms with E-state index in [1.54, 1.807) is 6.20 Å². The molecule has 3 N–H and O–H groups in total. The average molecular weight is 284 g/mol. The Balaban J connectivity index is 2.01. The Morgan fingerprint density at radius 2 is 2.05 bits per heavy atom. The maximum Gasteiger partial charge on any atom is 0.418 e. The summed E-state index contributed by atoms with van der Waals surface area (Å²) in [5.41, 5.74) is -1.19. The Bertz CT molecular complexity index is 581. The number of nitrogens with zero attached hydrogens (tertiary/aromatic N) is 1. The first kappa shape index (κ1) is 13.9. The van der Waals surface area contributed by atoms with Crippen LogP contribution in [-0.2, 0) is 12.7 Å². The van der Waals surface area contributed by atoms with Crippen LogP contribution in [0.2, 0.25) is 0 Å². The smallest absolute Gasteiger partial charge is 0.347 e. The van der Waals surface area contributed by atoms with E-state index in [1.807, 2.05) is 0 Å². The van der Waals surface area contributed by atoms with Crippen molar-refractivity contribution < 1.29 is 18.0 Å². The molecule has 0 saturated carbocycles. The van der Waals surface area contributed by atoms with E-state index < -0.39 is 17.8 Å². The molecule has 0 fully saturated rings. The largest absolute Gasteiger partial charge is 0.418 e. The molecule has 0 atom stereocenters.